The van der Waals surface area contributed by atoms with Crippen molar-refractivity contribution in [2.45, 2.75) is 50.3 Å². The second kappa shape index (κ2) is 12.9. The molecule has 17 heteroatoms. The highest BCUT2D eigenvalue weighted by Crippen LogP contribution is 2.47. The Labute approximate surface area is 274 Å². The van der Waals surface area contributed by atoms with E-state index in [1.807, 2.05) is 0 Å². The molecule has 0 radical (unpaired) electrons. The average Bonchev–Trinajstić information content (AvgIpc) is 3.03. The molecule has 5 rings (SSSR count). The number of hydrogen-bond donors (Lipinski definition) is 10. The van der Waals surface area contributed by atoms with E-state index >= 15 is 0 Å². The van der Waals surface area contributed by atoms with Crippen molar-refractivity contribution in [3.8, 4) is 46.0 Å². The Bertz CT molecular complexity index is 1970. The maximum atomic E-state index is 13.4. The van der Waals surface area contributed by atoms with E-state index in [4.69, 9.17) is 18.6 Å². The zero-order valence-electron chi connectivity index (χ0n) is 25.5. The largest absolute Gasteiger partial charge is 0.507 e. The summed E-state index contributed by atoms with van der Waals surface area (Å²) in [6.45, 7) is 2.47. The van der Waals surface area contributed by atoms with Crippen molar-refractivity contribution in [1.29, 1.82) is 0 Å². The van der Waals surface area contributed by atoms with Crippen LogP contribution >= 0.6 is 0 Å². The van der Waals surface area contributed by atoms with Gasteiger partial charge in [0.1, 0.15) is 46.5 Å². The lowest BCUT2D eigenvalue weighted by atomic mass is 9.89. The molecule has 0 bridgehead atoms. The molecule has 0 unspecified atom stereocenters. The number of aliphatic hydroxyl groups is 2. The Morgan fingerprint density at radius 2 is 1.22 bits per heavy atom. The van der Waals surface area contributed by atoms with Gasteiger partial charge in [-0.1, -0.05) is 13.8 Å². The molecule has 0 aliphatic carbocycles. The number of phenolic OH excluding ortho intramolecular Hbond substituents is 8. The first-order chi connectivity index (χ1) is 23.0. The van der Waals surface area contributed by atoms with Gasteiger partial charge in [0.15, 0.2) is 52.1 Å². The van der Waals surface area contributed by atoms with Crippen LogP contribution in [0.2, 0.25) is 0 Å². The molecule has 10 N–H and O–H groups in total. The van der Waals surface area contributed by atoms with Gasteiger partial charge in [-0.3, -0.25) is 4.79 Å². The van der Waals surface area contributed by atoms with Crippen molar-refractivity contribution < 1.29 is 79.3 Å². The molecule has 49 heavy (non-hydrogen) atoms. The number of ether oxygens (including phenoxy) is 3. The van der Waals surface area contributed by atoms with Crippen LogP contribution in [0, 0.1) is 0 Å². The third kappa shape index (κ3) is 6.24. The second-order valence-electron chi connectivity index (χ2n) is 11.4. The molecule has 3 aromatic carbocycles. The second-order valence-corrected chi connectivity index (χ2v) is 11.4. The number of carbonyl (C=O) groups excluding carboxylic acids is 2. The molecule has 1 aromatic heterocycles. The van der Waals surface area contributed by atoms with Gasteiger partial charge in [-0.2, -0.15) is 0 Å². The van der Waals surface area contributed by atoms with E-state index in [0.717, 1.165) is 12.1 Å². The van der Waals surface area contributed by atoms with Gasteiger partial charge in [0, 0.05) is 18.1 Å². The first kappa shape index (κ1) is 34.4. The summed E-state index contributed by atoms with van der Waals surface area (Å²) < 4.78 is 22.4. The highest BCUT2D eigenvalue weighted by atomic mass is 16.6. The van der Waals surface area contributed by atoms with Gasteiger partial charge in [-0.25, -0.2) is 9.59 Å². The summed E-state index contributed by atoms with van der Waals surface area (Å²) in [5.74, 6) is -10.3. The lowest BCUT2D eigenvalue weighted by Gasteiger charge is -2.43. The summed E-state index contributed by atoms with van der Waals surface area (Å²) in [6, 6.07) is 4.82. The molecule has 0 spiro atoms. The zero-order chi connectivity index (χ0) is 36.1. The molecule has 260 valence electrons. The number of phenols is 8. The molecule has 1 saturated heterocycles. The van der Waals surface area contributed by atoms with Crippen molar-refractivity contribution in [2.75, 3.05) is 6.61 Å². The molecular weight excluding hydrogens is 656 g/mol. The molecule has 4 aromatic rings. The zero-order valence-corrected chi connectivity index (χ0v) is 25.5. The van der Waals surface area contributed by atoms with Gasteiger partial charge < -0.3 is 69.7 Å². The lowest BCUT2D eigenvalue weighted by molar-refractivity contribution is -0.232. The number of rotatable bonds is 7. The molecule has 1 aliphatic heterocycles. The Morgan fingerprint density at radius 3 is 1.69 bits per heavy atom. The summed E-state index contributed by atoms with van der Waals surface area (Å²) in [7, 11) is 0. The van der Waals surface area contributed by atoms with Crippen LogP contribution in [0.25, 0.3) is 11.0 Å². The quantitative estimate of drug-likeness (QED) is 0.0979. The fourth-order valence-corrected chi connectivity index (χ4v) is 5.29. The van der Waals surface area contributed by atoms with Crippen molar-refractivity contribution in [2.24, 2.45) is 0 Å². The Kier molecular flexibility index (Phi) is 9.10. The van der Waals surface area contributed by atoms with Crippen LogP contribution in [-0.4, -0.2) is 94.0 Å². The highest BCUT2D eigenvalue weighted by Gasteiger charge is 2.52. The van der Waals surface area contributed by atoms with Gasteiger partial charge >= 0.3 is 11.9 Å². The Hall–Kier alpha value is -5.91. The smallest absolute Gasteiger partial charge is 0.338 e. The summed E-state index contributed by atoms with van der Waals surface area (Å²) in [5.41, 5.74) is -2.83. The van der Waals surface area contributed by atoms with Crippen LogP contribution in [0.4, 0.5) is 0 Å². The number of aromatic hydroxyl groups is 8. The monoisotopic (exact) mass is 686 g/mol. The van der Waals surface area contributed by atoms with Gasteiger partial charge in [0.05, 0.1) is 23.3 Å². The lowest BCUT2D eigenvalue weighted by Crippen LogP contribution is -2.58. The first-order valence-corrected chi connectivity index (χ1v) is 14.4. The standard InChI is InChI=1S/C32H30O17/c1-10(2)19-7-13(34)22-20(46-19)8-14(35)23(27(22)43)28-30(49-32(45)12-5-17(38)25(41)18(39)6-12)29(26(42)21(9-33)47-28)48-31(44)11-3-15(36)24(40)16(37)4-11/h3-8,10,21,26,28-30,33,35-43H,9H2,1-2H3/t21-,26-,28+,29+,30+/m1/s1. The topological polar surface area (TPSA) is 294 Å². The van der Waals surface area contributed by atoms with E-state index in [1.54, 1.807) is 13.8 Å². The molecule has 2 heterocycles. The van der Waals surface area contributed by atoms with Gasteiger partial charge in [-0.05, 0) is 24.3 Å². The van der Waals surface area contributed by atoms with Crippen molar-refractivity contribution in [3.05, 3.63) is 69.1 Å². The SMILES string of the molecule is CC(C)c1cc(=O)c2c(O)c([C@@H]3O[C@H](CO)[C@@H](O)[C@H](OC(=O)c4cc(O)c(O)c(O)c4)[C@H]3OC(=O)c3cc(O)c(O)c(O)c3)c(O)cc2o1. The maximum Gasteiger partial charge on any atom is 0.338 e. The predicted molar refractivity (Wildman–Crippen MR) is 162 cm³/mol. The minimum absolute atomic E-state index is 0.215. The van der Waals surface area contributed by atoms with Crippen LogP contribution in [0.15, 0.2) is 45.6 Å². The Balaban J connectivity index is 1.68. The number of fused-ring (bicyclic) bond motifs is 1. The van der Waals surface area contributed by atoms with Crippen molar-refractivity contribution in [1.82, 2.24) is 0 Å². The van der Waals surface area contributed by atoms with Gasteiger partial charge in [-0.15, -0.1) is 0 Å². The van der Waals surface area contributed by atoms with E-state index in [0.29, 0.717) is 24.3 Å². The number of esters is 2. The molecule has 0 amide bonds. The van der Waals surface area contributed by atoms with E-state index in [-0.39, 0.29) is 17.3 Å². The minimum Gasteiger partial charge on any atom is -0.507 e. The fraction of sp³-hybridized carbons (Fsp3) is 0.281. The summed E-state index contributed by atoms with van der Waals surface area (Å²) in [5, 5.41) is 102. The number of carbonyl (C=O) groups is 2. The molecule has 17 nitrogen and oxygen atoms in total. The third-order valence-corrected chi connectivity index (χ3v) is 7.82. The highest BCUT2D eigenvalue weighted by molar-refractivity contribution is 5.92. The number of hydrogen-bond acceptors (Lipinski definition) is 17. The summed E-state index contributed by atoms with van der Waals surface area (Å²) in [6.07, 6.45) is -9.85. The molecular formula is C32H30O17. The minimum atomic E-state index is -2.09. The van der Waals surface area contributed by atoms with Gasteiger partial charge in [0.25, 0.3) is 0 Å². The number of benzene rings is 3. The number of aliphatic hydroxyl groups excluding tert-OH is 2. The van der Waals surface area contributed by atoms with E-state index in [1.165, 1.54) is 0 Å². The van der Waals surface area contributed by atoms with Crippen LogP contribution in [0.3, 0.4) is 0 Å². The molecule has 1 fully saturated rings. The first-order valence-electron chi connectivity index (χ1n) is 14.4. The molecule has 5 atom stereocenters. The van der Waals surface area contributed by atoms with E-state index in [9.17, 15) is 65.4 Å². The molecule has 0 saturated carbocycles. The van der Waals surface area contributed by atoms with Crippen molar-refractivity contribution in [3.63, 3.8) is 0 Å². The Morgan fingerprint density at radius 1 is 0.735 bits per heavy atom. The summed E-state index contributed by atoms with van der Waals surface area (Å²) in [4.78, 5) is 39.8. The van der Waals surface area contributed by atoms with E-state index in [2.05, 4.69) is 0 Å². The predicted octanol–water partition coefficient (Wildman–Crippen LogP) is 1.81. The third-order valence-electron chi connectivity index (χ3n) is 7.82. The fourth-order valence-electron chi connectivity index (χ4n) is 5.29. The van der Waals surface area contributed by atoms with Gasteiger partial charge in [0.2, 0.25) is 0 Å². The normalized spacial score (nSPS) is 20.7. The maximum absolute atomic E-state index is 13.4. The average molecular weight is 687 g/mol. The van der Waals surface area contributed by atoms with Crippen molar-refractivity contribution >= 4 is 22.9 Å². The molecule has 1 aliphatic rings. The van der Waals surface area contributed by atoms with Crippen LogP contribution in [-0.2, 0) is 14.2 Å². The van der Waals surface area contributed by atoms with Crippen LogP contribution < -0.4 is 5.43 Å². The van der Waals surface area contributed by atoms with E-state index < -0.39 is 123 Å². The van der Waals surface area contributed by atoms with Crippen LogP contribution in [0.5, 0.6) is 46.0 Å². The summed E-state index contributed by atoms with van der Waals surface area (Å²) >= 11 is 0. The van der Waals surface area contributed by atoms with Crippen LogP contribution in [0.1, 0.15) is 57.9 Å².